The Morgan fingerprint density at radius 2 is 1.22 bits per heavy atom. The van der Waals surface area contributed by atoms with Crippen LogP contribution < -0.4 is 11.1 Å². The van der Waals surface area contributed by atoms with E-state index >= 15 is 0 Å². The molecule has 0 unspecified atom stereocenters. The highest BCUT2D eigenvalue weighted by Crippen LogP contribution is 2.33. The zero-order chi connectivity index (χ0) is 25.2. The Labute approximate surface area is 228 Å². The van der Waals surface area contributed by atoms with Gasteiger partial charge >= 0.3 is 0 Å². The molecule has 0 amide bonds. The van der Waals surface area contributed by atoms with Crippen LogP contribution >= 0.6 is 35.9 Å². The summed E-state index contributed by atoms with van der Waals surface area (Å²) in [6.07, 6.45) is 0. The minimum atomic E-state index is 0. The van der Waals surface area contributed by atoms with Crippen LogP contribution in [0.4, 0.5) is 0 Å². The molecule has 0 saturated carbocycles. The fraction of sp³-hybridized carbons (Fsp3) is 0.241. The molecule has 4 aromatic carbocycles. The van der Waals surface area contributed by atoms with E-state index in [4.69, 9.17) is 5.73 Å². The van der Waals surface area contributed by atoms with Gasteiger partial charge in [0.25, 0.3) is 0 Å². The average Bonchev–Trinajstić information content (AvgIpc) is 2.89. The summed E-state index contributed by atoms with van der Waals surface area (Å²) >= 11 is 3.42. The van der Waals surface area contributed by atoms with Gasteiger partial charge < -0.3 is 11.1 Å². The number of nitrogens with zero attached hydrogens (tertiary/aromatic N) is 2. The standard InChI is InChI=1S/C15H16N2S.C14H14N2S.ClH/c1-11-14-6-4-3-5-12(14)9-13(10-16)15(11)18-8-7-17-2;1-10-13-5-3-2-4-11(13)8-12(9-16)14(10)17-7-6-15;/h3-6,9,17H,7-8H2,1-2H3;2-5,8H,6-7,15H2,1H3;1H. The molecule has 0 spiro atoms. The Bertz CT molecular complexity index is 1410. The zero-order valence-electron chi connectivity index (χ0n) is 20.8. The highest BCUT2D eigenvalue weighted by atomic mass is 35.5. The van der Waals surface area contributed by atoms with Gasteiger partial charge in [0.15, 0.2) is 0 Å². The van der Waals surface area contributed by atoms with E-state index in [-0.39, 0.29) is 12.4 Å². The second-order valence-corrected chi connectivity index (χ2v) is 10.2. The first-order chi connectivity index (χ1) is 17.0. The van der Waals surface area contributed by atoms with Crippen molar-refractivity contribution < 1.29 is 0 Å². The van der Waals surface area contributed by atoms with Crippen molar-refractivity contribution in [2.24, 2.45) is 5.73 Å². The topological polar surface area (TPSA) is 85.6 Å². The monoisotopic (exact) mass is 534 g/mol. The van der Waals surface area contributed by atoms with Crippen LogP contribution in [0.2, 0.25) is 0 Å². The maximum absolute atomic E-state index is 9.28. The zero-order valence-corrected chi connectivity index (χ0v) is 23.2. The molecule has 0 saturated heterocycles. The number of hydrogen-bond donors (Lipinski definition) is 2. The van der Waals surface area contributed by atoms with Gasteiger partial charge in [0, 0.05) is 34.4 Å². The van der Waals surface area contributed by atoms with Crippen LogP contribution in [0.5, 0.6) is 0 Å². The number of fused-ring (bicyclic) bond motifs is 2. The van der Waals surface area contributed by atoms with Gasteiger partial charge in [-0.3, -0.25) is 0 Å². The molecule has 186 valence electrons. The number of nitriles is 2. The molecule has 4 aromatic rings. The molecule has 0 aliphatic heterocycles. The van der Waals surface area contributed by atoms with Crippen molar-refractivity contribution in [3.8, 4) is 12.1 Å². The van der Waals surface area contributed by atoms with Crippen LogP contribution in [0, 0.1) is 36.5 Å². The smallest absolute Gasteiger partial charge is 0.100 e. The summed E-state index contributed by atoms with van der Waals surface area (Å²) in [6, 6.07) is 24.9. The van der Waals surface area contributed by atoms with Crippen LogP contribution in [0.15, 0.2) is 70.5 Å². The maximum atomic E-state index is 9.28. The summed E-state index contributed by atoms with van der Waals surface area (Å²) in [7, 11) is 1.94. The summed E-state index contributed by atoms with van der Waals surface area (Å²) < 4.78 is 0. The number of nitrogens with two attached hydrogens (primary N) is 1. The molecule has 4 nitrogen and oxygen atoms in total. The van der Waals surface area contributed by atoms with Gasteiger partial charge in [0.05, 0.1) is 11.1 Å². The maximum Gasteiger partial charge on any atom is 0.100 e. The molecule has 0 fully saturated rings. The molecule has 0 atom stereocenters. The number of halogens is 1. The van der Waals surface area contributed by atoms with Crippen LogP contribution in [0.1, 0.15) is 22.3 Å². The first kappa shape index (κ1) is 29.5. The van der Waals surface area contributed by atoms with E-state index in [1.807, 2.05) is 49.5 Å². The quantitative estimate of drug-likeness (QED) is 0.200. The van der Waals surface area contributed by atoms with E-state index in [9.17, 15) is 10.5 Å². The molecule has 0 bridgehead atoms. The average molecular weight is 535 g/mol. The second kappa shape index (κ2) is 14.8. The number of benzene rings is 4. The highest BCUT2D eigenvalue weighted by Gasteiger charge is 2.11. The number of hydrogen-bond acceptors (Lipinski definition) is 6. The first-order valence-electron chi connectivity index (χ1n) is 11.5. The minimum Gasteiger partial charge on any atom is -0.330 e. The lowest BCUT2D eigenvalue weighted by molar-refractivity contribution is 0.871. The van der Waals surface area contributed by atoms with E-state index in [2.05, 4.69) is 49.5 Å². The number of nitrogens with one attached hydrogen (secondary N) is 1. The number of aryl methyl sites for hydroxylation is 2. The molecular formula is C29H31ClN4S2. The third-order valence-electron chi connectivity index (χ3n) is 5.70. The van der Waals surface area contributed by atoms with Gasteiger partial charge in [0.2, 0.25) is 0 Å². The van der Waals surface area contributed by atoms with Crippen LogP contribution in [-0.4, -0.2) is 31.6 Å². The van der Waals surface area contributed by atoms with Gasteiger partial charge in [0.1, 0.15) is 12.1 Å². The molecule has 36 heavy (non-hydrogen) atoms. The van der Waals surface area contributed by atoms with E-state index in [1.165, 1.54) is 21.9 Å². The van der Waals surface area contributed by atoms with E-state index in [0.29, 0.717) is 6.54 Å². The van der Waals surface area contributed by atoms with E-state index in [0.717, 1.165) is 49.7 Å². The fourth-order valence-electron chi connectivity index (χ4n) is 3.97. The molecular weight excluding hydrogens is 504 g/mol. The lowest BCUT2D eigenvalue weighted by Gasteiger charge is -2.11. The van der Waals surface area contributed by atoms with E-state index < -0.39 is 0 Å². The number of thioether (sulfide) groups is 2. The van der Waals surface area contributed by atoms with Gasteiger partial charge in [-0.05, 0) is 65.7 Å². The number of rotatable bonds is 7. The Balaban J connectivity index is 0.000000247. The van der Waals surface area contributed by atoms with Crippen molar-refractivity contribution in [3.05, 3.63) is 82.9 Å². The van der Waals surface area contributed by atoms with Crippen LogP contribution in [-0.2, 0) is 0 Å². The summed E-state index contributed by atoms with van der Waals surface area (Å²) in [5.41, 5.74) is 9.45. The molecule has 3 N–H and O–H groups in total. The van der Waals surface area contributed by atoms with Crippen molar-refractivity contribution in [3.63, 3.8) is 0 Å². The summed E-state index contributed by atoms with van der Waals surface area (Å²) in [6.45, 7) is 5.75. The summed E-state index contributed by atoms with van der Waals surface area (Å²) in [5, 5.41) is 26.3. The van der Waals surface area contributed by atoms with Gasteiger partial charge in [-0.1, -0.05) is 48.5 Å². The summed E-state index contributed by atoms with van der Waals surface area (Å²) in [5.74, 6) is 1.82. The molecule has 0 aliphatic carbocycles. The Morgan fingerprint density at radius 3 is 1.64 bits per heavy atom. The fourth-order valence-corrected chi connectivity index (χ4v) is 5.98. The molecule has 0 aromatic heterocycles. The van der Waals surface area contributed by atoms with E-state index in [1.54, 1.807) is 23.5 Å². The largest absolute Gasteiger partial charge is 0.330 e. The van der Waals surface area contributed by atoms with Crippen LogP contribution in [0.3, 0.4) is 0 Å². The third-order valence-corrected chi connectivity index (χ3v) is 8.18. The minimum absolute atomic E-state index is 0. The predicted molar refractivity (Wildman–Crippen MR) is 158 cm³/mol. The normalized spacial score (nSPS) is 10.2. The molecule has 0 heterocycles. The van der Waals surface area contributed by atoms with Gasteiger partial charge in [-0.2, -0.15) is 10.5 Å². The lowest BCUT2D eigenvalue weighted by atomic mass is 10.0. The molecule has 0 radical (unpaired) electrons. The van der Waals surface area contributed by atoms with Crippen LogP contribution in [0.25, 0.3) is 21.5 Å². The summed E-state index contributed by atoms with van der Waals surface area (Å²) in [4.78, 5) is 2.18. The highest BCUT2D eigenvalue weighted by molar-refractivity contribution is 7.99. The Hall–Kier alpha value is -2.71. The SMILES string of the molecule is CNCCSc1c(C#N)cc2ccccc2c1C.Cc1c(SCCN)c(C#N)cc2ccccc12.Cl. The molecule has 7 heteroatoms. The van der Waals surface area contributed by atoms with Crippen molar-refractivity contribution in [1.82, 2.24) is 5.32 Å². The predicted octanol–water partition coefficient (Wildman–Crippen LogP) is 6.82. The third kappa shape index (κ3) is 6.95. The van der Waals surface area contributed by atoms with Crippen molar-refractivity contribution in [1.29, 1.82) is 10.5 Å². The molecule has 4 rings (SSSR count). The second-order valence-electron chi connectivity index (χ2n) is 8.01. The first-order valence-corrected chi connectivity index (χ1v) is 13.5. The van der Waals surface area contributed by atoms with Crippen molar-refractivity contribution in [2.45, 2.75) is 23.6 Å². The van der Waals surface area contributed by atoms with Crippen molar-refractivity contribution in [2.75, 3.05) is 31.6 Å². The Kier molecular flexibility index (Phi) is 12.1. The van der Waals surface area contributed by atoms with Gasteiger partial charge in [-0.15, -0.1) is 35.9 Å². The lowest BCUT2D eigenvalue weighted by Crippen LogP contribution is -2.09. The van der Waals surface area contributed by atoms with Gasteiger partial charge in [-0.25, -0.2) is 0 Å². The molecule has 0 aliphatic rings. The van der Waals surface area contributed by atoms with Crippen molar-refractivity contribution >= 4 is 57.5 Å². The Morgan fingerprint density at radius 1 is 0.778 bits per heavy atom.